The number of rotatable bonds is 3. The van der Waals surface area contributed by atoms with Crippen LogP contribution in [-0.4, -0.2) is 21.7 Å². The Morgan fingerprint density at radius 3 is 2.53 bits per heavy atom. The fraction of sp³-hybridized carbons (Fsp3) is 0.500. The molecule has 0 bridgehead atoms. The first-order valence-electron chi connectivity index (χ1n) is 6.43. The van der Waals surface area contributed by atoms with Crippen molar-refractivity contribution in [3.05, 3.63) is 27.4 Å². The van der Waals surface area contributed by atoms with E-state index < -0.39 is 0 Å². The summed E-state index contributed by atoms with van der Waals surface area (Å²) >= 11 is 1.52. The molecular formula is C14H17NO3S. The second kappa shape index (κ2) is 5.65. The summed E-state index contributed by atoms with van der Waals surface area (Å²) in [5.41, 5.74) is 0.0272. The molecule has 0 aliphatic heterocycles. The van der Waals surface area contributed by atoms with E-state index in [1.54, 1.807) is 6.20 Å². The molecule has 1 aromatic heterocycles. The third kappa shape index (κ3) is 2.92. The molecule has 1 saturated carbocycles. The second-order valence-corrected chi connectivity index (χ2v) is 6.07. The fourth-order valence-electron chi connectivity index (χ4n) is 2.33. The third-order valence-corrected chi connectivity index (χ3v) is 4.31. The van der Waals surface area contributed by atoms with E-state index in [9.17, 15) is 14.7 Å². The number of Topliss-reactive ketones (excluding diaryl/α,β-unsaturated/α-hetero) is 2. The van der Waals surface area contributed by atoms with E-state index in [1.165, 1.54) is 11.3 Å². The highest BCUT2D eigenvalue weighted by atomic mass is 32.1. The first kappa shape index (κ1) is 13.9. The smallest absolute Gasteiger partial charge is 0.170 e. The summed E-state index contributed by atoms with van der Waals surface area (Å²) in [5, 5.41) is 10.7. The summed E-state index contributed by atoms with van der Waals surface area (Å²) in [6, 6.07) is 0. The van der Waals surface area contributed by atoms with Crippen LogP contribution in [0.25, 0.3) is 0 Å². The largest absolute Gasteiger partial charge is 0.511 e. The molecule has 19 heavy (non-hydrogen) atoms. The molecule has 4 nitrogen and oxygen atoms in total. The third-order valence-electron chi connectivity index (χ3n) is 3.24. The van der Waals surface area contributed by atoms with Crippen LogP contribution in [0.2, 0.25) is 0 Å². The Hall–Kier alpha value is -1.49. The Morgan fingerprint density at radius 1 is 1.42 bits per heavy atom. The lowest BCUT2D eigenvalue weighted by atomic mass is 9.82. The molecule has 1 heterocycles. The van der Waals surface area contributed by atoms with Crippen molar-refractivity contribution in [3.63, 3.8) is 0 Å². The highest BCUT2D eigenvalue weighted by Crippen LogP contribution is 2.35. The monoisotopic (exact) mass is 279 g/mol. The van der Waals surface area contributed by atoms with Crippen molar-refractivity contribution in [2.75, 3.05) is 0 Å². The van der Waals surface area contributed by atoms with Gasteiger partial charge in [-0.05, 0) is 13.3 Å². The van der Waals surface area contributed by atoms with Crippen LogP contribution in [0.1, 0.15) is 48.4 Å². The predicted octanol–water partition coefficient (Wildman–Crippen LogP) is 3.08. The summed E-state index contributed by atoms with van der Waals surface area (Å²) in [7, 11) is 0. The lowest BCUT2D eigenvalue weighted by molar-refractivity contribution is -0.124. The van der Waals surface area contributed by atoms with Gasteiger partial charge < -0.3 is 5.11 Å². The summed E-state index contributed by atoms with van der Waals surface area (Å²) in [6.07, 6.45) is 3.42. The van der Waals surface area contributed by atoms with Gasteiger partial charge in [0.15, 0.2) is 11.6 Å². The lowest BCUT2D eigenvalue weighted by Gasteiger charge is -2.21. The number of hydrogen-bond acceptors (Lipinski definition) is 5. The number of hydrogen-bond donors (Lipinski definition) is 1. The van der Waals surface area contributed by atoms with Crippen LogP contribution < -0.4 is 0 Å². The first-order chi connectivity index (χ1) is 9.02. The molecule has 1 N–H and O–H groups in total. The molecule has 0 saturated heterocycles. The van der Waals surface area contributed by atoms with Gasteiger partial charge in [-0.25, -0.2) is 4.98 Å². The molecule has 0 radical (unpaired) electrons. The zero-order valence-corrected chi connectivity index (χ0v) is 11.9. The molecule has 5 heteroatoms. The lowest BCUT2D eigenvalue weighted by Crippen LogP contribution is -2.26. The second-order valence-electron chi connectivity index (χ2n) is 4.80. The maximum atomic E-state index is 12.1. The highest BCUT2D eigenvalue weighted by Gasteiger charge is 2.34. The number of ketones is 2. The Kier molecular flexibility index (Phi) is 4.14. The average molecular weight is 279 g/mol. The molecule has 0 atom stereocenters. The molecule has 0 aromatic carbocycles. The quantitative estimate of drug-likeness (QED) is 0.524. The van der Waals surface area contributed by atoms with Crippen molar-refractivity contribution in [1.29, 1.82) is 0 Å². The summed E-state index contributed by atoms with van der Waals surface area (Å²) in [5.74, 6) is -0.600. The normalized spacial score (nSPS) is 19.9. The van der Waals surface area contributed by atoms with Crippen LogP contribution in [0.4, 0.5) is 0 Å². The molecule has 1 aromatic rings. The maximum absolute atomic E-state index is 12.1. The maximum Gasteiger partial charge on any atom is 0.170 e. The molecule has 102 valence electrons. The zero-order chi connectivity index (χ0) is 14.0. The minimum atomic E-state index is -0.238. The average Bonchev–Trinajstić information content (AvgIpc) is 2.75. The number of carbonyl (C=O) groups excluding carboxylic acids is 2. The number of aliphatic hydroxyl groups is 1. The van der Waals surface area contributed by atoms with Crippen LogP contribution in [-0.2, 0) is 9.59 Å². The van der Waals surface area contributed by atoms with E-state index in [0.717, 1.165) is 9.88 Å². The van der Waals surface area contributed by atoms with Gasteiger partial charge in [-0.15, -0.1) is 11.3 Å². The first-order valence-corrected chi connectivity index (χ1v) is 7.25. The van der Waals surface area contributed by atoms with Gasteiger partial charge in [-0.1, -0.05) is 6.92 Å². The van der Waals surface area contributed by atoms with E-state index in [-0.39, 0.29) is 41.7 Å². The van der Waals surface area contributed by atoms with Crippen molar-refractivity contribution >= 4 is 22.9 Å². The van der Waals surface area contributed by atoms with Gasteiger partial charge in [0.1, 0.15) is 5.76 Å². The molecule has 0 spiro atoms. The molecule has 1 aliphatic rings. The van der Waals surface area contributed by atoms with Gasteiger partial charge in [0.2, 0.25) is 0 Å². The van der Waals surface area contributed by atoms with Gasteiger partial charge in [0, 0.05) is 36.3 Å². The highest BCUT2D eigenvalue weighted by molar-refractivity contribution is 7.11. The Bertz CT molecular complexity index is 525. The van der Waals surface area contributed by atoms with Gasteiger partial charge >= 0.3 is 0 Å². The van der Waals surface area contributed by atoms with Crippen molar-refractivity contribution in [1.82, 2.24) is 4.98 Å². The number of nitrogens with zero attached hydrogens (tertiary/aromatic N) is 1. The fourth-order valence-corrected chi connectivity index (χ4v) is 3.22. The Labute approximate surface area is 116 Å². The van der Waals surface area contributed by atoms with Crippen LogP contribution >= 0.6 is 11.3 Å². The molecule has 0 unspecified atom stereocenters. The van der Waals surface area contributed by atoms with Crippen LogP contribution in [0.15, 0.2) is 17.5 Å². The van der Waals surface area contributed by atoms with Gasteiger partial charge in [-0.2, -0.15) is 0 Å². The van der Waals surface area contributed by atoms with Crippen molar-refractivity contribution in [3.8, 4) is 0 Å². The Balaban J connectivity index is 2.22. The van der Waals surface area contributed by atoms with Crippen molar-refractivity contribution < 1.29 is 14.7 Å². The summed E-state index contributed by atoms with van der Waals surface area (Å²) in [6.45, 7) is 3.80. The van der Waals surface area contributed by atoms with Crippen LogP contribution in [0.3, 0.4) is 0 Å². The van der Waals surface area contributed by atoms with E-state index in [0.29, 0.717) is 12.8 Å². The minimum absolute atomic E-state index is 0.0272. The molecular weight excluding hydrogens is 262 g/mol. The number of thiazole rings is 1. The summed E-state index contributed by atoms with van der Waals surface area (Å²) in [4.78, 5) is 29.3. The standard InChI is InChI=1S/C14H17NO3S/c1-3-4-10(16)14-11(17)5-9(6-12(14)18)13-7-15-8(2)19-13/h7,9,16H,3-6H2,1-2H3. The molecule has 1 fully saturated rings. The Morgan fingerprint density at radius 2 is 2.05 bits per heavy atom. The van der Waals surface area contributed by atoms with E-state index in [4.69, 9.17) is 0 Å². The van der Waals surface area contributed by atoms with E-state index in [2.05, 4.69) is 4.98 Å². The van der Waals surface area contributed by atoms with E-state index in [1.807, 2.05) is 13.8 Å². The molecule has 2 rings (SSSR count). The number of aromatic nitrogens is 1. The number of aryl methyl sites for hydroxylation is 1. The molecule has 1 aliphatic carbocycles. The number of carbonyl (C=O) groups is 2. The van der Waals surface area contributed by atoms with Crippen molar-refractivity contribution in [2.24, 2.45) is 0 Å². The van der Waals surface area contributed by atoms with Crippen LogP contribution in [0, 0.1) is 6.92 Å². The minimum Gasteiger partial charge on any atom is -0.511 e. The molecule has 0 amide bonds. The van der Waals surface area contributed by atoms with Crippen molar-refractivity contribution in [2.45, 2.75) is 45.4 Å². The zero-order valence-electron chi connectivity index (χ0n) is 11.1. The van der Waals surface area contributed by atoms with Gasteiger partial charge in [-0.3, -0.25) is 9.59 Å². The number of aliphatic hydroxyl groups excluding tert-OH is 1. The SMILES string of the molecule is CCCC(O)=C1C(=O)CC(c2cnc(C)s2)CC1=O. The predicted molar refractivity (Wildman–Crippen MR) is 73.4 cm³/mol. The van der Waals surface area contributed by atoms with Gasteiger partial charge in [0.25, 0.3) is 0 Å². The van der Waals surface area contributed by atoms with Crippen LogP contribution in [0.5, 0.6) is 0 Å². The number of allylic oxidation sites excluding steroid dienone is 2. The van der Waals surface area contributed by atoms with E-state index >= 15 is 0 Å². The topological polar surface area (TPSA) is 67.3 Å². The van der Waals surface area contributed by atoms with Gasteiger partial charge in [0.05, 0.1) is 10.6 Å². The summed E-state index contributed by atoms with van der Waals surface area (Å²) < 4.78 is 0.